The second kappa shape index (κ2) is 9.00. The summed E-state index contributed by atoms with van der Waals surface area (Å²) in [6.45, 7) is 2.01. The van der Waals surface area contributed by atoms with Gasteiger partial charge in [-0.2, -0.15) is 18.4 Å². The first-order valence-electron chi connectivity index (χ1n) is 9.59. The van der Waals surface area contributed by atoms with Crippen molar-refractivity contribution in [3.05, 3.63) is 50.9 Å². The molecule has 0 saturated heterocycles. The Kier molecular flexibility index (Phi) is 6.72. The summed E-state index contributed by atoms with van der Waals surface area (Å²) in [5.74, 6) is -2.71. The number of nitrogens with zero attached hydrogens (tertiary/aromatic N) is 1. The van der Waals surface area contributed by atoms with Gasteiger partial charge in [-0.25, -0.2) is 4.79 Å². The summed E-state index contributed by atoms with van der Waals surface area (Å²) < 4.78 is 47.5. The minimum absolute atomic E-state index is 0.0291. The molecule has 2 atom stereocenters. The molecule has 1 heterocycles. The largest absolute Gasteiger partial charge is 0.466 e. The van der Waals surface area contributed by atoms with Crippen molar-refractivity contribution in [1.82, 2.24) is 5.32 Å². The van der Waals surface area contributed by atoms with Gasteiger partial charge in [-0.15, -0.1) is 11.3 Å². The molecule has 0 saturated carbocycles. The van der Waals surface area contributed by atoms with Crippen LogP contribution in [0.5, 0.6) is 0 Å². The van der Waals surface area contributed by atoms with E-state index in [2.05, 4.69) is 10.1 Å². The van der Waals surface area contributed by atoms with Crippen molar-refractivity contribution in [3.8, 4) is 6.07 Å². The number of ether oxygens (including phenoxy) is 1. The Hall–Kier alpha value is -2.77. The average molecular weight is 486 g/mol. The highest BCUT2D eigenvalue weighted by molar-refractivity contribution is 7.16. The summed E-state index contributed by atoms with van der Waals surface area (Å²) in [5, 5.41) is 13.2. The number of hydrogen-bond donors (Lipinski definition) is 2. The van der Waals surface area contributed by atoms with Gasteiger partial charge in [-0.3, -0.25) is 4.79 Å². The first kappa shape index (κ1) is 23.9. The van der Waals surface area contributed by atoms with Gasteiger partial charge in [0.2, 0.25) is 0 Å². The molecule has 6 nitrogen and oxygen atoms in total. The molecule has 11 heteroatoms. The molecular formula is C21H19ClF3N3O3S. The lowest BCUT2D eigenvalue weighted by molar-refractivity contribution is -0.203. The van der Waals surface area contributed by atoms with Crippen LogP contribution >= 0.6 is 22.9 Å². The SMILES string of the molecule is COC(=O)[C@@](NC(=O)c1ccccc1Cl)(Nc1sc2c(c1C#N)CC[C@@H](C)C2)C(F)(F)F. The number of hydrogen-bond acceptors (Lipinski definition) is 6. The molecule has 1 aliphatic carbocycles. The second-order valence-electron chi connectivity index (χ2n) is 7.47. The van der Waals surface area contributed by atoms with Crippen LogP contribution in [0.4, 0.5) is 18.2 Å². The highest BCUT2D eigenvalue weighted by Gasteiger charge is 2.64. The number of fused-ring (bicyclic) bond motifs is 1. The van der Waals surface area contributed by atoms with Gasteiger partial charge in [-0.05, 0) is 42.9 Å². The molecule has 170 valence electrons. The molecular weight excluding hydrogens is 467 g/mol. The number of amides is 1. The topological polar surface area (TPSA) is 91.2 Å². The van der Waals surface area contributed by atoms with E-state index in [1.807, 2.05) is 13.0 Å². The van der Waals surface area contributed by atoms with Crippen LogP contribution in [0.25, 0.3) is 0 Å². The zero-order valence-corrected chi connectivity index (χ0v) is 18.7. The van der Waals surface area contributed by atoms with Crippen molar-refractivity contribution in [3.63, 3.8) is 0 Å². The van der Waals surface area contributed by atoms with Crippen molar-refractivity contribution in [2.75, 3.05) is 12.4 Å². The molecule has 0 bridgehead atoms. The van der Waals surface area contributed by atoms with Crippen molar-refractivity contribution in [2.45, 2.75) is 38.0 Å². The van der Waals surface area contributed by atoms with Crippen LogP contribution in [0, 0.1) is 17.2 Å². The van der Waals surface area contributed by atoms with Crippen LogP contribution in [0.15, 0.2) is 24.3 Å². The number of benzene rings is 1. The van der Waals surface area contributed by atoms with Crippen LogP contribution in [0.3, 0.4) is 0 Å². The minimum Gasteiger partial charge on any atom is -0.466 e. The van der Waals surface area contributed by atoms with Crippen molar-refractivity contribution < 1.29 is 27.5 Å². The number of anilines is 1. The van der Waals surface area contributed by atoms with Crippen LogP contribution in [0.1, 0.15) is 39.7 Å². The molecule has 0 fully saturated rings. The Morgan fingerprint density at radius 3 is 2.59 bits per heavy atom. The van der Waals surface area contributed by atoms with E-state index in [1.54, 1.807) is 5.32 Å². The first-order chi connectivity index (χ1) is 15.0. The van der Waals surface area contributed by atoms with E-state index < -0.39 is 23.7 Å². The fourth-order valence-corrected chi connectivity index (χ4v) is 5.19. The minimum atomic E-state index is -5.32. The molecule has 1 amide bonds. The normalized spacial score (nSPS) is 17.5. The number of alkyl halides is 3. The maximum atomic E-state index is 14.4. The summed E-state index contributed by atoms with van der Waals surface area (Å²) in [4.78, 5) is 26.0. The van der Waals surface area contributed by atoms with Gasteiger partial charge in [0.25, 0.3) is 5.91 Å². The van der Waals surface area contributed by atoms with E-state index in [1.165, 1.54) is 24.3 Å². The third-order valence-electron chi connectivity index (χ3n) is 5.26. The third-order valence-corrected chi connectivity index (χ3v) is 6.76. The van der Waals surface area contributed by atoms with E-state index in [9.17, 15) is 28.0 Å². The predicted molar refractivity (Wildman–Crippen MR) is 114 cm³/mol. The standard InChI is InChI=1S/C21H19ClF3N3O3S/c1-11-7-8-12-14(10-26)18(32-16(12)9-11)28-20(19(30)31-2,21(23,24)25)27-17(29)13-5-3-4-6-15(13)22/h3-6,11,28H,7-9H2,1-2H3,(H,27,29)/t11-,20-/m1/s1. The number of halogens is 4. The van der Waals surface area contributed by atoms with Gasteiger partial charge in [-0.1, -0.05) is 30.7 Å². The molecule has 2 N–H and O–H groups in total. The molecule has 0 unspecified atom stereocenters. The van der Waals surface area contributed by atoms with E-state index >= 15 is 0 Å². The lowest BCUT2D eigenvalue weighted by atomic mass is 9.88. The number of methoxy groups -OCH3 is 1. The van der Waals surface area contributed by atoms with Crippen molar-refractivity contribution >= 4 is 39.8 Å². The fraction of sp³-hybridized carbons (Fsp3) is 0.381. The Labute approximate surface area is 191 Å². The molecule has 0 spiro atoms. The number of thiophene rings is 1. The number of nitriles is 1. The molecule has 1 aromatic heterocycles. The van der Waals surface area contributed by atoms with E-state index in [0.29, 0.717) is 24.3 Å². The van der Waals surface area contributed by atoms with Gasteiger partial charge in [0.15, 0.2) is 0 Å². The molecule has 32 heavy (non-hydrogen) atoms. The van der Waals surface area contributed by atoms with Crippen LogP contribution in [0.2, 0.25) is 5.02 Å². The second-order valence-corrected chi connectivity index (χ2v) is 8.98. The van der Waals surface area contributed by atoms with Crippen molar-refractivity contribution in [2.24, 2.45) is 5.92 Å². The number of carbonyl (C=O) groups excluding carboxylic acids is 2. The number of nitrogens with one attached hydrogen (secondary N) is 2. The number of rotatable bonds is 5. The maximum Gasteiger partial charge on any atom is 0.441 e. The van der Waals surface area contributed by atoms with Gasteiger partial charge in [0.05, 0.1) is 23.3 Å². The molecule has 0 radical (unpaired) electrons. The van der Waals surface area contributed by atoms with Crippen LogP contribution < -0.4 is 10.6 Å². The van der Waals surface area contributed by atoms with Gasteiger partial charge < -0.3 is 15.4 Å². The molecule has 1 aromatic carbocycles. The summed E-state index contributed by atoms with van der Waals surface area (Å²) in [6, 6.07) is 7.42. The Morgan fingerprint density at radius 2 is 2.00 bits per heavy atom. The zero-order chi connectivity index (χ0) is 23.7. The molecule has 3 rings (SSSR count). The Balaban J connectivity index is 2.10. The average Bonchev–Trinajstić information content (AvgIpc) is 3.07. The number of carbonyl (C=O) groups is 2. The fourth-order valence-electron chi connectivity index (χ4n) is 3.55. The van der Waals surface area contributed by atoms with Gasteiger partial charge in [0, 0.05) is 4.88 Å². The smallest absolute Gasteiger partial charge is 0.441 e. The Bertz CT molecular complexity index is 1100. The molecule has 1 aliphatic rings. The Morgan fingerprint density at radius 1 is 1.31 bits per heavy atom. The van der Waals surface area contributed by atoms with Crippen LogP contribution in [-0.4, -0.2) is 30.8 Å². The van der Waals surface area contributed by atoms with Gasteiger partial charge >= 0.3 is 17.8 Å². The highest BCUT2D eigenvalue weighted by Crippen LogP contribution is 2.42. The summed E-state index contributed by atoms with van der Waals surface area (Å²) in [6.07, 6.45) is -3.37. The van der Waals surface area contributed by atoms with E-state index in [0.717, 1.165) is 29.7 Å². The summed E-state index contributed by atoms with van der Waals surface area (Å²) >= 11 is 6.91. The quantitative estimate of drug-likeness (QED) is 0.474. The lowest BCUT2D eigenvalue weighted by Crippen LogP contribution is -2.69. The molecule has 2 aromatic rings. The third kappa shape index (κ3) is 4.27. The van der Waals surface area contributed by atoms with Gasteiger partial charge in [0.1, 0.15) is 11.1 Å². The zero-order valence-electron chi connectivity index (χ0n) is 17.1. The molecule has 0 aliphatic heterocycles. The van der Waals surface area contributed by atoms with Crippen molar-refractivity contribution in [1.29, 1.82) is 5.26 Å². The lowest BCUT2D eigenvalue weighted by Gasteiger charge is -2.34. The van der Waals surface area contributed by atoms with E-state index in [-0.39, 0.29) is 21.2 Å². The number of esters is 1. The van der Waals surface area contributed by atoms with Crippen LogP contribution in [-0.2, 0) is 22.4 Å². The maximum absolute atomic E-state index is 14.4. The monoisotopic (exact) mass is 485 g/mol. The highest BCUT2D eigenvalue weighted by atomic mass is 35.5. The summed E-state index contributed by atoms with van der Waals surface area (Å²) in [5.41, 5.74) is -3.20. The van der Waals surface area contributed by atoms with E-state index in [4.69, 9.17) is 11.6 Å². The predicted octanol–water partition coefficient (Wildman–Crippen LogP) is 4.67. The summed E-state index contributed by atoms with van der Waals surface area (Å²) in [7, 11) is 0.776. The first-order valence-corrected chi connectivity index (χ1v) is 10.8.